The molecular weight excluding hydrogens is 250 g/mol. The SMILES string of the molecule is Cl.Nc1ccc2nc3n(c(=O)c2c1)CCCCC3. The summed E-state index contributed by atoms with van der Waals surface area (Å²) in [6.45, 7) is 0.784. The summed E-state index contributed by atoms with van der Waals surface area (Å²) in [7, 11) is 0. The summed E-state index contributed by atoms with van der Waals surface area (Å²) >= 11 is 0. The second-order valence-electron chi connectivity index (χ2n) is 4.57. The highest BCUT2D eigenvalue weighted by atomic mass is 35.5. The van der Waals surface area contributed by atoms with Crippen molar-refractivity contribution in [3.8, 4) is 0 Å². The van der Waals surface area contributed by atoms with E-state index >= 15 is 0 Å². The molecule has 2 heterocycles. The highest BCUT2D eigenvalue weighted by Gasteiger charge is 2.13. The van der Waals surface area contributed by atoms with Gasteiger partial charge in [0.05, 0.1) is 10.9 Å². The lowest BCUT2D eigenvalue weighted by molar-refractivity contribution is 0.614. The van der Waals surface area contributed by atoms with Gasteiger partial charge in [0.15, 0.2) is 0 Å². The number of hydrogen-bond donors (Lipinski definition) is 1. The summed E-state index contributed by atoms with van der Waals surface area (Å²) in [6.07, 6.45) is 4.24. The zero-order valence-corrected chi connectivity index (χ0v) is 10.9. The lowest BCUT2D eigenvalue weighted by Gasteiger charge is -2.10. The fourth-order valence-electron chi connectivity index (χ4n) is 2.44. The average molecular weight is 266 g/mol. The molecule has 0 spiro atoms. The van der Waals surface area contributed by atoms with Crippen molar-refractivity contribution in [2.75, 3.05) is 5.73 Å². The van der Waals surface area contributed by atoms with Crippen LogP contribution in [-0.4, -0.2) is 9.55 Å². The van der Waals surface area contributed by atoms with Gasteiger partial charge in [-0.05, 0) is 31.0 Å². The van der Waals surface area contributed by atoms with Gasteiger partial charge in [-0.15, -0.1) is 12.4 Å². The molecule has 0 aliphatic carbocycles. The Hall–Kier alpha value is -1.55. The molecule has 0 bridgehead atoms. The van der Waals surface area contributed by atoms with Crippen molar-refractivity contribution in [1.29, 1.82) is 0 Å². The maximum atomic E-state index is 12.3. The predicted octanol–water partition coefficient (Wildman–Crippen LogP) is 2.13. The standard InChI is InChI=1S/C13H15N3O.ClH/c14-9-5-6-11-10(8-9)13(17)16-7-3-1-2-4-12(16)15-11;/h5-6,8H,1-4,7,14H2;1H. The van der Waals surface area contributed by atoms with Crippen molar-refractivity contribution in [1.82, 2.24) is 9.55 Å². The van der Waals surface area contributed by atoms with Crippen LogP contribution in [0.4, 0.5) is 5.69 Å². The number of rotatable bonds is 0. The molecule has 0 saturated carbocycles. The second kappa shape index (κ2) is 4.98. The van der Waals surface area contributed by atoms with Crippen LogP contribution in [0.15, 0.2) is 23.0 Å². The van der Waals surface area contributed by atoms with E-state index in [2.05, 4.69) is 4.98 Å². The lowest BCUT2D eigenvalue weighted by Crippen LogP contribution is -2.24. The number of nitrogens with two attached hydrogens (primary N) is 1. The number of fused-ring (bicyclic) bond motifs is 2. The van der Waals surface area contributed by atoms with Gasteiger partial charge in [-0.25, -0.2) is 4.98 Å². The number of aryl methyl sites for hydroxylation is 1. The van der Waals surface area contributed by atoms with Crippen molar-refractivity contribution < 1.29 is 0 Å². The maximum Gasteiger partial charge on any atom is 0.261 e. The Morgan fingerprint density at radius 2 is 2.06 bits per heavy atom. The van der Waals surface area contributed by atoms with Crippen LogP contribution >= 0.6 is 12.4 Å². The fraction of sp³-hybridized carbons (Fsp3) is 0.385. The molecule has 3 rings (SSSR count). The molecule has 1 aromatic heterocycles. The third kappa shape index (κ3) is 2.08. The average Bonchev–Trinajstić information content (AvgIpc) is 2.56. The van der Waals surface area contributed by atoms with E-state index < -0.39 is 0 Å². The van der Waals surface area contributed by atoms with Gasteiger partial charge in [0.2, 0.25) is 0 Å². The Balaban J connectivity index is 0.00000120. The summed E-state index contributed by atoms with van der Waals surface area (Å²) in [6, 6.07) is 5.35. The van der Waals surface area contributed by atoms with Crippen LogP contribution in [0, 0.1) is 0 Å². The van der Waals surface area contributed by atoms with Crippen molar-refractivity contribution in [3.05, 3.63) is 34.4 Å². The molecule has 4 nitrogen and oxygen atoms in total. The van der Waals surface area contributed by atoms with E-state index in [0.29, 0.717) is 11.1 Å². The van der Waals surface area contributed by atoms with E-state index in [1.54, 1.807) is 12.1 Å². The van der Waals surface area contributed by atoms with Crippen molar-refractivity contribution >= 4 is 29.0 Å². The largest absolute Gasteiger partial charge is 0.399 e. The molecule has 1 aliphatic rings. The van der Waals surface area contributed by atoms with Crippen LogP contribution in [0.1, 0.15) is 25.1 Å². The van der Waals surface area contributed by atoms with Gasteiger partial charge in [-0.1, -0.05) is 6.42 Å². The number of aromatic nitrogens is 2. The van der Waals surface area contributed by atoms with Crippen LogP contribution in [0.25, 0.3) is 10.9 Å². The Morgan fingerprint density at radius 3 is 2.89 bits per heavy atom. The first kappa shape index (κ1) is 12.9. The fourth-order valence-corrected chi connectivity index (χ4v) is 2.44. The Labute approximate surface area is 111 Å². The van der Waals surface area contributed by atoms with E-state index in [1.807, 2.05) is 10.6 Å². The Morgan fingerprint density at radius 1 is 1.22 bits per heavy atom. The molecule has 5 heteroatoms. The molecule has 2 N–H and O–H groups in total. The zero-order valence-electron chi connectivity index (χ0n) is 10.1. The minimum absolute atomic E-state index is 0. The van der Waals surface area contributed by atoms with E-state index in [1.165, 1.54) is 6.42 Å². The topological polar surface area (TPSA) is 60.9 Å². The van der Waals surface area contributed by atoms with Crippen molar-refractivity contribution in [2.45, 2.75) is 32.2 Å². The monoisotopic (exact) mass is 265 g/mol. The first-order chi connectivity index (χ1) is 8.25. The molecular formula is C13H16ClN3O. The molecule has 96 valence electrons. The van der Waals surface area contributed by atoms with E-state index in [0.717, 1.165) is 37.1 Å². The summed E-state index contributed by atoms with van der Waals surface area (Å²) in [4.78, 5) is 16.9. The lowest BCUT2D eigenvalue weighted by atomic mass is 10.2. The second-order valence-corrected chi connectivity index (χ2v) is 4.57. The Kier molecular flexibility index (Phi) is 3.57. The summed E-state index contributed by atoms with van der Waals surface area (Å²) in [5, 5.41) is 0.635. The third-order valence-electron chi connectivity index (χ3n) is 3.34. The highest BCUT2D eigenvalue weighted by molar-refractivity contribution is 5.85. The number of anilines is 1. The molecule has 0 unspecified atom stereocenters. The van der Waals surface area contributed by atoms with Crippen LogP contribution in [0.5, 0.6) is 0 Å². The summed E-state index contributed by atoms with van der Waals surface area (Å²) in [5.41, 5.74) is 7.16. The first-order valence-corrected chi connectivity index (χ1v) is 6.05. The zero-order chi connectivity index (χ0) is 11.8. The van der Waals surface area contributed by atoms with Crippen LogP contribution in [0.3, 0.4) is 0 Å². The molecule has 0 atom stereocenters. The smallest absolute Gasteiger partial charge is 0.261 e. The number of hydrogen-bond acceptors (Lipinski definition) is 3. The van der Waals surface area contributed by atoms with E-state index in [-0.39, 0.29) is 18.0 Å². The normalized spacial score (nSPS) is 14.7. The molecule has 1 aliphatic heterocycles. The minimum atomic E-state index is 0. The summed E-state index contributed by atoms with van der Waals surface area (Å²) in [5.74, 6) is 0.921. The van der Waals surface area contributed by atoms with Gasteiger partial charge < -0.3 is 5.73 Å². The maximum absolute atomic E-state index is 12.3. The Bertz CT molecular complexity index is 636. The highest BCUT2D eigenvalue weighted by Crippen LogP contribution is 2.16. The molecule has 18 heavy (non-hydrogen) atoms. The number of nitrogen functional groups attached to an aromatic ring is 1. The van der Waals surface area contributed by atoms with Gasteiger partial charge >= 0.3 is 0 Å². The van der Waals surface area contributed by atoms with Crippen LogP contribution < -0.4 is 11.3 Å². The summed E-state index contributed by atoms with van der Waals surface area (Å²) < 4.78 is 1.81. The molecule has 1 aromatic carbocycles. The van der Waals surface area contributed by atoms with Gasteiger partial charge in [0.1, 0.15) is 5.82 Å². The molecule has 0 radical (unpaired) electrons. The molecule has 0 saturated heterocycles. The minimum Gasteiger partial charge on any atom is -0.399 e. The third-order valence-corrected chi connectivity index (χ3v) is 3.34. The first-order valence-electron chi connectivity index (χ1n) is 6.05. The quantitative estimate of drug-likeness (QED) is 0.743. The van der Waals surface area contributed by atoms with Crippen molar-refractivity contribution in [3.63, 3.8) is 0 Å². The number of nitrogens with zero attached hydrogens (tertiary/aromatic N) is 2. The van der Waals surface area contributed by atoms with Gasteiger partial charge in [0, 0.05) is 18.7 Å². The van der Waals surface area contributed by atoms with Crippen molar-refractivity contribution in [2.24, 2.45) is 0 Å². The van der Waals surface area contributed by atoms with Gasteiger partial charge in [-0.2, -0.15) is 0 Å². The predicted molar refractivity (Wildman–Crippen MR) is 75.2 cm³/mol. The molecule has 0 fully saturated rings. The van der Waals surface area contributed by atoms with E-state index in [9.17, 15) is 4.79 Å². The number of benzene rings is 1. The molecule has 2 aromatic rings. The van der Waals surface area contributed by atoms with Gasteiger partial charge in [-0.3, -0.25) is 9.36 Å². The number of halogens is 1. The van der Waals surface area contributed by atoms with Crippen LogP contribution in [-0.2, 0) is 13.0 Å². The van der Waals surface area contributed by atoms with Gasteiger partial charge in [0.25, 0.3) is 5.56 Å². The van der Waals surface area contributed by atoms with E-state index in [4.69, 9.17) is 5.73 Å². The molecule has 0 amide bonds. The van der Waals surface area contributed by atoms with Crippen LogP contribution in [0.2, 0.25) is 0 Å².